The summed E-state index contributed by atoms with van der Waals surface area (Å²) in [7, 11) is 3.30. The Kier molecular flexibility index (Phi) is 9.25. The molecule has 2 rings (SSSR count). The number of hydrogen-bond donors (Lipinski definition) is 3. The van der Waals surface area contributed by atoms with Gasteiger partial charge >= 0.3 is 0 Å². The van der Waals surface area contributed by atoms with Gasteiger partial charge in [-0.2, -0.15) is 0 Å². The Morgan fingerprint density at radius 1 is 1.23 bits per heavy atom. The van der Waals surface area contributed by atoms with Crippen LogP contribution in [0, 0.1) is 0 Å². The van der Waals surface area contributed by atoms with Crippen molar-refractivity contribution < 1.29 is 14.4 Å². The number of aromatic hydroxyl groups is 1. The summed E-state index contributed by atoms with van der Waals surface area (Å²) in [6, 6.07) is 5.13. The summed E-state index contributed by atoms with van der Waals surface area (Å²) in [5, 5.41) is 20.5. The number of hydrogen-bond acceptors (Lipinski definition) is 5. The monoisotopic (exact) mass is 474 g/mol. The maximum atomic E-state index is 9.96. The number of halogens is 1. The topological polar surface area (TPSA) is 91.9 Å². The Labute approximate surface area is 171 Å². The van der Waals surface area contributed by atoms with Gasteiger partial charge in [-0.15, -0.1) is 24.0 Å². The highest BCUT2D eigenvalue weighted by atomic mass is 127. The molecule has 8 heteroatoms. The lowest BCUT2D eigenvalue weighted by Crippen LogP contribution is -2.36. The average molecular weight is 474 g/mol. The smallest absolute Gasteiger partial charge is 0.191 e. The molecule has 0 unspecified atom stereocenters. The molecule has 0 aliphatic carbocycles. The number of rotatable bonds is 7. The van der Waals surface area contributed by atoms with E-state index in [-0.39, 0.29) is 29.7 Å². The SMILES string of the molecule is CCc1noc(CC)c1CNC(=NC)NCc1cc(OC)ccc1O.I. The zero-order chi connectivity index (χ0) is 18.2. The summed E-state index contributed by atoms with van der Waals surface area (Å²) >= 11 is 0. The van der Waals surface area contributed by atoms with Crippen LogP contribution >= 0.6 is 24.0 Å². The van der Waals surface area contributed by atoms with E-state index in [2.05, 4.69) is 27.7 Å². The van der Waals surface area contributed by atoms with Crippen molar-refractivity contribution in [3.63, 3.8) is 0 Å². The molecular weight excluding hydrogens is 447 g/mol. The van der Waals surface area contributed by atoms with Crippen molar-refractivity contribution in [1.82, 2.24) is 15.8 Å². The van der Waals surface area contributed by atoms with E-state index >= 15 is 0 Å². The number of phenols is 1. The molecular formula is C18H27IN4O3. The number of aryl methyl sites for hydroxylation is 2. The highest BCUT2D eigenvalue weighted by molar-refractivity contribution is 14.0. The molecule has 0 radical (unpaired) electrons. The predicted octanol–water partition coefficient (Wildman–Crippen LogP) is 3.00. The minimum atomic E-state index is 0. The van der Waals surface area contributed by atoms with Crippen molar-refractivity contribution in [2.24, 2.45) is 4.99 Å². The lowest BCUT2D eigenvalue weighted by molar-refractivity contribution is 0.380. The summed E-state index contributed by atoms with van der Waals surface area (Å²) in [4.78, 5) is 4.22. The van der Waals surface area contributed by atoms with Gasteiger partial charge in [0.25, 0.3) is 0 Å². The maximum absolute atomic E-state index is 9.96. The molecule has 0 fully saturated rings. The van der Waals surface area contributed by atoms with Crippen molar-refractivity contribution in [2.45, 2.75) is 39.8 Å². The molecule has 0 saturated heterocycles. The molecule has 0 spiro atoms. The number of aliphatic imine (C=N–C) groups is 1. The Morgan fingerprint density at radius 3 is 2.58 bits per heavy atom. The van der Waals surface area contributed by atoms with E-state index < -0.39 is 0 Å². The minimum Gasteiger partial charge on any atom is -0.508 e. The Bertz CT molecular complexity index is 710. The van der Waals surface area contributed by atoms with Crippen LogP contribution in [0.15, 0.2) is 27.7 Å². The molecule has 1 aromatic heterocycles. The molecule has 7 nitrogen and oxygen atoms in total. The van der Waals surface area contributed by atoms with Crippen LogP contribution in [0.3, 0.4) is 0 Å². The van der Waals surface area contributed by atoms with E-state index in [1.54, 1.807) is 32.4 Å². The van der Waals surface area contributed by atoms with Crippen LogP contribution in [0.4, 0.5) is 0 Å². The molecule has 0 amide bonds. The van der Waals surface area contributed by atoms with Crippen molar-refractivity contribution in [1.29, 1.82) is 0 Å². The van der Waals surface area contributed by atoms with Gasteiger partial charge in [0.15, 0.2) is 5.96 Å². The molecule has 26 heavy (non-hydrogen) atoms. The normalized spacial score (nSPS) is 11.0. The lowest BCUT2D eigenvalue weighted by Gasteiger charge is -2.13. The quantitative estimate of drug-likeness (QED) is 0.325. The Balaban J connectivity index is 0.00000338. The van der Waals surface area contributed by atoms with Crippen molar-refractivity contribution >= 4 is 29.9 Å². The second-order valence-electron chi connectivity index (χ2n) is 5.51. The molecule has 0 atom stereocenters. The second kappa shape index (κ2) is 10.9. The minimum absolute atomic E-state index is 0. The molecule has 1 heterocycles. The van der Waals surface area contributed by atoms with Crippen LogP contribution in [0.1, 0.15) is 36.4 Å². The van der Waals surface area contributed by atoms with Crippen LogP contribution in [-0.4, -0.2) is 30.4 Å². The van der Waals surface area contributed by atoms with E-state index in [4.69, 9.17) is 9.26 Å². The molecule has 0 aliphatic rings. The largest absolute Gasteiger partial charge is 0.508 e. The highest BCUT2D eigenvalue weighted by Crippen LogP contribution is 2.22. The highest BCUT2D eigenvalue weighted by Gasteiger charge is 2.13. The fourth-order valence-corrected chi connectivity index (χ4v) is 2.54. The molecule has 0 bridgehead atoms. The summed E-state index contributed by atoms with van der Waals surface area (Å²) in [5.74, 6) is 2.43. The molecule has 0 aliphatic heterocycles. The summed E-state index contributed by atoms with van der Waals surface area (Å²) in [5.41, 5.74) is 2.78. The summed E-state index contributed by atoms with van der Waals surface area (Å²) in [6.07, 6.45) is 1.62. The number of methoxy groups -OCH3 is 1. The summed E-state index contributed by atoms with van der Waals surface area (Å²) in [6.45, 7) is 5.11. The fourth-order valence-electron chi connectivity index (χ4n) is 2.54. The van der Waals surface area contributed by atoms with Crippen LogP contribution in [0.5, 0.6) is 11.5 Å². The number of nitrogens with zero attached hydrogens (tertiary/aromatic N) is 2. The average Bonchev–Trinajstić information content (AvgIpc) is 3.05. The molecule has 0 saturated carbocycles. The van der Waals surface area contributed by atoms with Gasteiger partial charge in [-0.1, -0.05) is 19.0 Å². The maximum Gasteiger partial charge on any atom is 0.191 e. The van der Waals surface area contributed by atoms with Crippen molar-refractivity contribution in [3.8, 4) is 11.5 Å². The molecule has 3 N–H and O–H groups in total. The first-order valence-electron chi connectivity index (χ1n) is 8.39. The Hall–Kier alpha value is -1.97. The number of ether oxygens (including phenoxy) is 1. The zero-order valence-electron chi connectivity index (χ0n) is 15.6. The zero-order valence-corrected chi connectivity index (χ0v) is 18.0. The number of guanidine groups is 1. The van der Waals surface area contributed by atoms with Gasteiger partial charge in [-0.3, -0.25) is 4.99 Å². The first-order chi connectivity index (χ1) is 12.1. The predicted molar refractivity (Wildman–Crippen MR) is 112 cm³/mol. The number of phenolic OH excluding ortho intramolecular Hbond substituents is 1. The number of benzene rings is 1. The van der Waals surface area contributed by atoms with Gasteiger partial charge in [-0.25, -0.2) is 0 Å². The van der Waals surface area contributed by atoms with Gasteiger partial charge in [0.05, 0.1) is 12.8 Å². The number of nitrogens with one attached hydrogen (secondary N) is 2. The number of aromatic nitrogens is 1. The first kappa shape index (κ1) is 22.1. The van der Waals surface area contributed by atoms with Gasteiger partial charge in [0.1, 0.15) is 17.3 Å². The third-order valence-electron chi connectivity index (χ3n) is 4.00. The molecule has 1 aromatic carbocycles. The van der Waals surface area contributed by atoms with Crippen LogP contribution in [0.2, 0.25) is 0 Å². The lowest BCUT2D eigenvalue weighted by atomic mass is 10.1. The van der Waals surface area contributed by atoms with Gasteiger partial charge < -0.3 is 25.0 Å². The van der Waals surface area contributed by atoms with E-state index in [9.17, 15) is 5.11 Å². The van der Waals surface area contributed by atoms with Gasteiger partial charge in [0, 0.05) is 37.7 Å². The fraction of sp³-hybridized carbons (Fsp3) is 0.444. The van der Waals surface area contributed by atoms with E-state index in [0.29, 0.717) is 24.8 Å². The van der Waals surface area contributed by atoms with E-state index in [1.807, 2.05) is 6.92 Å². The third-order valence-corrected chi connectivity index (χ3v) is 4.00. The Morgan fingerprint density at radius 2 is 1.96 bits per heavy atom. The van der Waals surface area contributed by atoms with Crippen molar-refractivity contribution in [3.05, 3.63) is 40.8 Å². The van der Waals surface area contributed by atoms with E-state index in [0.717, 1.165) is 35.4 Å². The van der Waals surface area contributed by atoms with Crippen molar-refractivity contribution in [2.75, 3.05) is 14.2 Å². The van der Waals surface area contributed by atoms with Crippen LogP contribution in [0.25, 0.3) is 0 Å². The first-order valence-corrected chi connectivity index (χ1v) is 8.39. The van der Waals surface area contributed by atoms with E-state index in [1.165, 1.54) is 0 Å². The third kappa shape index (κ3) is 5.52. The molecule has 2 aromatic rings. The second-order valence-corrected chi connectivity index (χ2v) is 5.51. The van der Waals surface area contributed by atoms with Gasteiger partial charge in [0.2, 0.25) is 0 Å². The standard InChI is InChI=1S/C18H26N4O3.HI/c1-5-15-14(17(6-2)25-22-15)11-21-18(19-3)20-10-12-9-13(24-4)7-8-16(12)23;/h7-9,23H,5-6,10-11H2,1-4H3,(H2,19,20,21);1H. The molecule has 144 valence electrons. The summed E-state index contributed by atoms with van der Waals surface area (Å²) < 4.78 is 10.6. The van der Waals surface area contributed by atoms with Crippen LogP contribution in [-0.2, 0) is 25.9 Å². The van der Waals surface area contributed by atoms with Gasteiger partial charge in [-0.05, 0) is 24.6 Å². The van der Waals surface area contributed by atoms with Crippen LogP contribution < -0.4 is 15.4 Å².